The molecule has 0 amide bonds. The van der Waals surface area contributed by atoms with Crippen LogP contribution >= 0.6 is 0 Å². The van der Waals surface area contributed by atoms with Crippen molar-refractivity contribution in [3.8, 4) is 11.5 Å². The van der Waals surface area contributed by atoms with Gasteiger partial charge in [-0.05, 0) is 142 Å². The lowest BCUT2D eigenvalue weighted by Gasteiger charge is -2.36. The van der Waals surface area contributed by atoms with Crippen LogP contribution in [0, 0.1) is 35.5 Å². The number of esters is 4. The van der Waals surface area contributed by atoms with Crippen LogP contribution in [-0.2, 0) is 19.1 Å². The van der Waals surface area contributed by atoms with E-state index in [1.54, 1.807) is 0 Å². The maximum absolute atomic E-state index is 13.8. The Kier molecular flexibility index (Phi) is 10.5. The van der Waals surface area contributed by atoms with Gasteiger partial charge in [-0.25, -0.2) is 9.59 Å². The first kappa shape index (κ1) is 43.1. The summed E-state index contributed by atoms with van der Waals surface area (Å²) < 4.78 is 25.3. The van der Waals surface area contributed by atoms with Crippen LogP contribution in [0.25, 0.3) is 21.5 Å². The average Bonchev–Trinajstić information content (AvgIpc) is 4.04. The Labute approximate surface area is 388 Å². The minimum absolute atomic E-state index is 0.0646. The van der Waals surface area contributed by atoms with Crippen molar-refractivity contribution in [2.45, 2.75) is 143 Å². The second-order valence-electron chi connectivity index (χ2n) is 21.8. The normalized spacial score (nSPS) is 27.7. The minimum atomic E-state index is -0.395. The van der Waals surface area contributed by atoms with Gasteiger partial charge in [0.1, 0.15) is 23.7 Å². The summed E-state index contributed by atoms with van der Waals surface area (Å²) in [6, 6.07) is 20.6. The van der Waals surface area contributed by atoms with Crippen LogP contribution in [0.4, 0.5) is 0 Å². The number of carbonyl (C=O) groups is 4. The molecule has 5 aromatic carbocycles. The number of benzene rings is 5. The van der Waals surface area contributed by atoms with E-state index in [9.17, 15) is 19.2 Å². The molecule has 6 aliphatic carbocycles. The van der Waals surface area contributed by atoms with Gasteiger partial charge in [-0.1, -0.05) is 90.8 Å². The van der Waals surface area contributed by atoms with Crippen LogP contribution in [-0.4, -0.2) is 36.1 Å². The van der Waals surface area contributed by atoms with Crippen molar-refractivity contribution >= 4 is 45.4 Å². The zero-order valence-corrected chi connectivity index (χ0v) is 39.6. The fourth-order valence-electron chi connectivity index (χ4n) is 13.8. The maximum Gasteiger partial charge on any atom is 0.338 e. The molecule has 8 nitrogen and oxygen atoms in total. The Balaban J connectivity index is 0.961. The summed E-state index contributed by atoms with van der Waals surface area (Å²) in [5, 5.41) is 3.98. The highest BCUT2D eigenvalue weighted by Gasteiger charge is 2.54. The molecule has 66 heavy (non-hydrogen) atoms. The van der Waals surface area contributed by atoms with Crippen LogP contribution in [0.1, 0.15) is 196 Å². The molecular weight excluding hydrogens is 825 g/mol. The van der Waals surface area contributed by atoms with Gasteiger partial charge in [-0.15, -0.1) is 0 Å². The van der Waals surface area contributed by atoms with Gasteiger partial charge in [0.2, 0.25) is 0 Å². The summed E-state index contributed by atoms with van der Waals surface area (Å²) in [5.41, 5.74) is 9.48. The quantitative estimate of drug-likeness (QED) is 0.112. The van der Waals surface area contributed by atoms with Crippen molar-refractivity contribution in [2.24, 2.45) is 35.5 Å². The van der Waals surface area contributed by atoms with Crippen molar-refractivity contribution < 1.29 is 38.1 Å². The third kappa shape index (κ3) is 6.98. The van der Waals surface area contributed by atoms with Gasteiger partial charge in [0.25, 0.3) is 0 Å². The van der Waals surface area contributed by atoms with E-state index in [-0.39, 0.29) is 53.8 Å². The number of fused-ring (bicyclic) bond motifs is 18. The van der Waals surface area contributed by atoms with Crippen molar-refractivity contribution in [1.82, 2.24) is 0 Å². The summed E-state index contributed by atoms with van der Waals surface area (Å²) in [6.07, 6.45) is 7.61. The van der Waals surface area contributed by atoms with E-state index in [1.807, 2.05) is 36.4 Å². The highest BCUT2D eigenvalue weighted by molar-refractivity contribution is 5.98. The standard InChI is InChI=1S/C58H62O8/c1-27(2)39-15-9-29(5)17-49(39)65-57(61)35-13-11-33-21-41-43(23-37(33)19-35)47-25-45(41)51-53(47)56(64-32(8)60)54-48-26-46(52(54)55(51)63-31(7)59)42-22-34-12-14-36(20-38(34)24-44(42)48)58(62)66-50-18-30(6)10-16-40(50)28(3)4/h11-14,19-24,27-30,39-40,45-50H,9-10,15-18,25-26H2,1-8H3/t29-,30-,39+,40+,45?,46?,47?,48?,49-,50-/m1/s1. The first-order valence-electron chi connectivity index (χ1n) is 24.8. The summed E-state index contributed by atoms with van der Waals surface area (Å²) in [6.45, 7) is 16.3. The summed E-state index contributed by atoms with van der Waals surface area (Å²) in [7, 11) is 0. The molecule has 10 atom stereocenters. The SMILES string of the molecule is CC(=O)Oc1c2c(c(OC(C)=O)c3c1C1CC3c3cc4cc(C(=O)O[C@@H]5C[C@H](C)CC[C@H]5C(C)C)ccc4cc31)C1CC2c2cc3ccc(C(=O)O[C@@H]4C[C@H](C)CC[C@H]4C(C)C)cc3cc21. The van der Waals surface area contributed by atoms with Crippen molar-refractivity contribution in [1.29, 1.82) is 0 Å². The van der Waals surface area contributed by atoms with Crippen LogP contribution in [0.5, 0.6) is 11.5 Å². The molecule has 0 heterocycles. The maximum atomic E-state index is 13.8. The first-order valence-corrected chi connectivity index (χ1v) is 24.8. The lowest BCUT2D eigenvalue weighted by molar-refractivity contribution is -0.133. The Hall–Kier alpha value is -5.50. The van der Waals surface area contributed by atoms with E-state index in [1.165, 1.54) is 37.8 Å². The summed E-state index contributed by atoms with van der Waals surface area (Å²) in [4.78, 5) is 53.9. The molecular formula is C58H62O8. The van der Waals surface area contributed by atoms with Gasteiger partial charge in [-0.2, -0.15) is 0 Å². The third-order valence-corrected chi connectivity index (χ3v) is 16.9. The predicted octanol–water partition coefficient (Wildman–Crippen LogP) is 13.0. The number of hydrogen-bond acceptors (Lipinski definition) is 8. The second kappa shape index (κ2) is 16.1. The van der Waals surface area contributed by atoms with E-state index in [0.29, 0.717) is 58.1 Å². The van der Waals surface area contributed by atoms with Gasteiger partial charge < -0.3 is 18.9 Å². The molecule has 0 radical (unpaired) electrons. The van der Waals surface area contributed by atoms with E-state index in [2.05, 4.69) is 65.8 Å². The molecule has 0 aliphatic heterocycles. The zero-order valence-electron chi connectivity index (χ0n) is 39.6. The zero-order chi connectivity index (χ0) is 46.0. The highest BCUT2D eigenvalue weighted by atomic mass is 16.6. The molecule has 2 fully saturated rings. The van der Waals surface area contributed by atoms with Crippen LogP contribution in [0.2, 0.25) is 0 Å². The molecule has 8 heteroatoms. The molecule has 0 spiro atoms. The van der Waals surface area contributed by atoms with E-state index in [4.69, 9.17) is 18.9 Å². The van der Waals surface area contributed by atoms with Gasteiger partial charge in [-0.3, -0.25) is 9.59 Å². The summed E-state index contributed by atoms with van der Waals surface area (Å²) in [5.74, 6) is 2.19. The molecule has 2 saturated carbocycles. The van der Waals surface area contributed by atoms with Gasteiger partial charge >= 0.3 is 23.9 Å². The Morgan fingerprint density at radius 3 is 1.15 bits per heavy atom. The molecule has 6 aliphatic rings. The molecule has 0 N–H and O–H groups in total. The Morgan fingerprint density at radius 1 is 0.470 bits per heavy atom. The molecule has 342 valence electrons. The van der Waals surface area contributed by atoms with Gasteiger partial charge in [0.15, 0.2) is 0 Å². The summed E-state index contributed by atoms with van der Waals surface area (Å²) >= 11 is 0. The van der Waals surface area contributed by atoms with E-state index < -0.39 is 5.97 Å². The second-order valence-corrected chi connectivity index (χ2v) is 21.8. The van der Waals surface area contributed by atoms with Crippen molar-refractivity contribution in [2.75, 3.05) is 0 Å². The van der Waals surface area contributed by atoms with Crippen LogP contribution in [0.3, 0.4) is 0 Å². The average molecular weight is 887 g/mol. The Bertz CT molecular complexity index is 2710. The monoisotopic (exact) mass is 886 g/mol. The molecule has 11 rings (SSSR count). The number of rotatable bonds is 8. The fourth-order valence-corrected chi connectivity index (χ4v) is 13.8. The molecule has 4 bridgehead atoms. The molecule has 5 aromatic rings. The van der Waals surface area contributed by atoms with E-state index >= 15 is 0 Å². The highest BCUT2D eigenvalue weighted by Crippen LogP contribution is 2.70. The molecule has 4 unspecified atom stereocenters. The fraction of sp³-hybridized carbons (Fsp3) is 0.483. The van der Waals surface area contributed by atoms with Gasteiger partial charge in [0, 0.05) is 59.8 Å². The Morgan fingerprint density at radius 2 is 0.818 bits per heavy atom. The van der Waals surface area contributed by atoms with Crippen LogP contribution < -0.4 is 9.47 Å². The largest absolute Gasteiger partial charge is 0.458 e. The van der Waals surface area contributed by atoms with Crippen molar-refractivity contribution in [3.63, 3.8) is 0 Å². The van der Waals surface area contributed by atoms with E-state index in [0.717, 1.165) is 93.5 Å². The van der Waals surface area contributed by atoms with Gasteiger partial charge in [0.05, 0.1) is 11.1 Å². The van der Waals surface area contributed by atoms with Crippen molar-refractivity contribution in [3.05, 3.63) is 116 Å². The number of ether oxygens (including phenoxy) is 4. The predicted molar refractivity (Wildman–Crippen MR) is 255 cm³/mol. The topological polar surface area (TPSA) is 105 Å². The minimum Gasteiger partial charge on any atom is -0.458 e. The third-order valence-electron chi connectivity index (χ3n) is 16.9. The number of hydrogen-bond donors (Lipinski definition) is 0. The lowest BCUT2D eigenvalue weighted by Crippen LogP contribution is -2.35. The lowest BCUT2D eigenvalue weighted by atomic mass is 9.75. The molecule has 0 saturated heterocycles. The number of carbonyl (C=O) groups excluding carboxylic acids is 4. The smallest absolute Gasteiger partial charge is 0.338 e. The van der Waals surface area contributed by atoms with Crippen LogP contribution in [0.15, 0.2) is 60.7 Å². The first-order chi connectivity index (χ1) is 31.6. The molecule has 0 aromatic heterocycles.